The molecule has 8 nitrogen and oxygen atoms in total. The number of fused-ring (bicyclic) bond motifs is 1. The minimum absolute atomic E-state index is 0.0703. The van der Waals surface area contributed by atoms with Gasteiger partial charge in [0.2, 0.25) is 0 Å². The Labute approximate surface area is 207 Å². The van der Waals surface area contributed by atoms with Gasteiger partial charge >= 0.3 is 5.97 Å². The van der Waals surface area contributed by atoms with Gasteiger partial charge in [-0.05, 0) is 44.4 Å². The van der Waals surface area contributed by atoms with Gasteiger partial charge in [-0.25, -0.2) is 0 Å². The monoisotopic (exact) mass is 492 g/mol. The summed E-state index contributed by atoms with van der Waals surface area (Å²) in [6, 6.07) is 9.78. The van der Waals surface area contributed by atoms with Crippen LogP contribution in [0.1, 0.15) is 71.1 Å². The van der Waals surface area contributed by atoms with E-state index in [4.69, 9.17) is 24.1 Å². The van der Waals surface area contributed by atoms with Crippen LogP contribution in [0.4, 0.5) is 0 Å². The first-order valence-electron chi connectivity index (χ1n) is 12.9. The third kappa shape index (κ3) is 6.61. The van der Waals surface area contributed by atoms with Gasteiger partial charge in [-0.3, -0.25) is 4.79 Å². The highest BCUT2D eigenvalue weighted by Gasteiger charge is 2.45. The van der Waals surface area contributed by atoms with E-state index in [0.29, 0.717) is 25.9 Å². The lowest BCUT2D eigenvalue weighted by molar-refractivity contribution is -0.274. The van der Waals surface area contributed by atoms with E-state index in [1.807, 2.05) is 37.3 Å². The molecule has 0 aromatic heterocycles. The van der Waals surface area contributed by atoms with Gasteiger partial charge in [-0.15, -0.1) is 0 Å². The molecule has 35 heavy (non-hydrogen) atoms. The summed E-state index contributed by atoms with van der Waals surface area (Å²) in [6.45, 7) is 6.09. The van der Waals surface area contributed by atoms with Gasteiger partial charge < -0.3 is 34.3 Å². The fraction of sp³-hybridized carbons (Fsp3) is 0.741. The predicted molar refractivity (Wildman–Crippen MR) is 128 cm³/mol. The molecule has 0 bridgehead atoms. The zero-order valence-electron chi connectivity index (χ0n) is 20.9. The summed E-state index contributed by atoms with van der Waals surface area (Å²) < 4.78 is 24.6. The van der Waals surface area contributed by atoms with Crippen molar-refractivity contribution in [3.63, 3.8) is 0 Å². The van der Waals surface area contributed by atoms with E-state index in [2.05, 4.69) is 6.92 Å². The number of hydrogen-bond acceptors (Lipinski definition) is 7. The van der Waals surface area contributed by atoms with E-state index >= 15 is 0 Å². The Morgan fingerprint density at radius 3 is 2.60 bits per heavy atom. The summed E-state index contributed by atoms with van der Waals surface area (Å²) >= 11 is 0. The van der Waals surface area contributed by atoms with E-state index in [0.717, 1.165) is 12.0 Å². The number of aliphatic carboxylic acids is 1. The lowest BCUT2D eigenvalue weighted by Crippen LogP contribution is -2.46. The second-order valence-electron chi connectivity index (χ2n) is 10.9. The molecule has 196 valence electrons. The number of ether oxygens (including phenoxy) is 4. The Bertz CT molecular complexity index is 830. The van der Waals surface area contributed by atoms with E-state index < -0.39 is 30.1 Å². The molecular formula is C27H40O8. The van der Waals surface area contributed by atoms with Gasteiger partial charge in [-0.1, -0.05) is 44.2 Å². The molecule has 3 aliphatic rings. The summed E-state index contributed by atoms with van der Waals surface area (Å²) in [6.07, 6.45) is 0.187. The van der Waals surface area contributed by atoms with Gasteiger partial charge in [0, 0.05) is 12.0 Å². The van der Waals surface area contributed by atoms with Crippen LogP contribution in [0.5, 0.6) is 0 Å². The fourth-order valence-electron chi connectivity index (χ4n) is 5.85. The third-order valence-electron chi connectivity index (χ3n) is 7.79. The lowest BCUT2D eigenvalue weighted by Gasteiger charge is -2.37. The molecule has 10 atom stereocenters. The number of carboxylic acids is 1. The molecule has 3 saturated heterocycles. The van der Waals surface area contributed by atoms with Crippen LogP contribution in [0.25, 0.3) is 0 Å². The average molecular weight is 493 g/mol. The second kappa shape index (κ2) is 11.2. The van der Waals surface area contributed by atoms with Crippen molar-refractivity contribution in [2.75, 3.05) is 6.61 Å². The number of benzene rings is 1. The maximum Gasteiger partial charge on any atom is 0.303 e. The molecule has 0 unspecified atom stereocenters. The first kappa shape index (κ1) is 26.5. The molecule has 1 aromatic rings. The largest absolute Gasteiger partial charge is 0.481 e. The number of carbonyl (C=O) groups is 1. The van der Waals surface area contributed by atoms with Crippen molar-refractivity contribution in [1.82, 2.24) is 0 Å². The number of rotatable bonds is 8. The Morgan fingerprint density at radius 1 is 1.14 bits per heavy atom. The van der Waals surface area contributed by atoms with Gasteiger partial charge in [0.05, 0.1) is 49.1 Å². The zero-order chi connectivity index (χ0) is 25.2. The van der Waals surface area contributed by atoms with Crippen molar-refractivity contribution in [1.29, 1.82) is 0 Å². The van der Waals surface area contributed by atoms with Gasteiger partial charge in [-0.2, -0.15) is 0 Å². The van der Waals surface area contributed by atoms with Crippen molar-refractivity contribution in [3.8, 4) is 0 Å². The van der Waals surface area contributed by atoms with Crippen LogP contribution in [0.3, 0.4) is 0 Å². The molecule has 0 amide bonds. The number of hydrogen-bond donors (Lipinski definition) is 3. The summed E-state index contributed by atoms with van der Waals surface area (Å²) in [7, 11) is 0. The highest BCUT2D eigenvalue weighted by atomic mass is 16.7. The molecule has 3 aliphatic heterocycles. The molecule has 0 saturated carbocycles. The molecular weight excluding hydrogens is 452 g/mol. The van der Waals surface area contributed by atoms with Gasteiger partial charge in [0.15, 0.2) is 6.29 Å². The second-order valence-corrected chi connectivity index (χ2v) is 10.9. The lowest BCUT2D eigenvalue weighted by atomic mass is 9.87. The minimum Gasteiger partial charge on any atom is -0.481 e. The molecule has 0 aliphatic carbocycles. The van der Waals surface area contributed by atoms with Crippen LogP contribution in [0.15, 0.2) is 30.3 Å². The normalized spacial score (nSPS) is 39.4. The Balaban J connectivity index is 1.32. The van der Waals surface area contributed by atoms with Crippen LogP contribution in [0.2, 0.25) is 0 Å². The maximum absolute atomic E-state index is 11.2. The SMILES string of the molecule is C[C@H](CC(=O)O)[C@@H]1O[C@@H](C[C@@H](O)C[C@@H]2O[C@@H]3CO[C@@H](c4ccccc4)O[C@H]3CC[C@@]2(C)O)C[C@@H]1C. The van der Waals surface area contributed by atoms with Crippen molar-refractivity contribution < 1.29 is 39.1 Å². The van der Waals surface area contributed by atoms with Crippen molar-refractivity contribution in [3.05, 3.63) is 35.9 Å². The summed E-state index contributed by atoms with van der Waals surface area (Å²) in [5.41, 5.74) is -0.151. The molecule has 8 heteroatoms. The van der Waals surface area contributed by atoms with Gasteiger partial charge in [0.25, 0.3) is 0 Å². The quantitative estimate of drug-likeness (QED) is 0.506. The molecule has 0 spiro atoms. The zero-order valence-corrected chi connectivity index (χ0v) is 20.9. The average Bonchev–Trinajstić information content (AvgIpc) is 3.11. The molecule has 0 radical (unpaired) electrons. The smallest absolute Gasteiger partial charge is 0.303 e. The minimum atomic E-state index is -1.10. The van der Waals surface area contributed by atoms with Crippen LogP contribution in [0, 0.1) is 11.8 Å². The van der Waals surface area contributed by atoms with E-state index in [1.165, 1.54) is 0 Å². The first-order chi connectivity index (χ1) is 16.6. The Hall–Kier alpha value is -1.55. The van der Waals surface area contributed by atoms with E-state index in [-0.39, 0.29) is 49.1 Å². The van der Waals surface area contributed by atoms with Gasteiger partial charge in [0.1, 0.15) is 6.10 Å². The predicted octanol–water partition coefficient (Wildman–Crippen LogP) is 3.44. The van der Waals surface area contributed by atoms with Crippen LogP contribution >= 0.6 is 0 Å². The Kier molecular flexibility index (Phi) is 8.51. The summed E-state index contributed by atoms with van der Waals surface area (Å²) in [5.74, 6) is -0.680. The maximum atomic E-state index is 11.2. The molecule has 3 heterocycles. The first-order valence-corrected chi connectivity index (χ1v) is 12.9. The number of aliphatic hydroxyl groups excluding tert-OH is 1. The standard InChI is InChI=1S/C27H40O8/c1-16-11-20(33-25(16)17(2)12-24(29)30)13-19(28)14-23-27(3,31)10-9-21-22(34-23)15-32-26(35-21)18-7-5-4-6-8-18/h4-8,16-17,19-23,25-26,28,31H,9-15H2,1-3H3,(H,29,30)/t16-,17+,19+,20+,21-,22+,23-,25+,26+,27+/m0/s1. The van der Waals surface area contributed by atoms with Crippen molar-refractivity contribution in [2.24, 2.45) is 11.8 Å². The highest BCUT2D eigenvalue weighted by Crippen LogP contribution is 2.39. The topological polar surface area (TPSA) is 115 Å². The fourth-order valence-corrected chi connectivity index (χ4v) is 5.85. The number of carboxylic acid groups (broad SMARTS) is 1. The Morgan fingerprint density at radius 2 is 1.89 bits per heavy atom. The van der Waals surface area contributed by atoms with Crippen molar-refractivity contribution in [2.45, 2.75) is 108 Å². The highest BCUT2D eigenvalue weighted by molar-refractivity contribution is 5.67. The summed E-state index contributed by atoms with van der Waals surface area (Å²) in [4.78, 5) is 11.1. The van der Waals surface area contributed by atoms with Crippen LogP contribution in [-0.4, -0.2) is 70.1 Å². The number of aliphatic hydroxyl groups is 2. The third-order valence-corrected chi connectivity index (χ3v) is 7.79. The molecule has 1 aromatic carbocycles. The molecule has 4 rings (SSSR count). The van der Waals surface area contributed by atoms with Crippen LogP contribution < -0.4 is 0 Å². The van der Waals surface area contributed by atoms with Crippen LogP contribution in [-0.2, 0) is 23.7 Å². The van der Waals surface area contributed by atoms with E-state index in [1.54, 1.807) is 6.92 Å². The van der Waals surface area contributed by atoms with E-state index in [9.17, 15) is 15.0 Å². The molecule has 3 fully saturated rings. The summed E-state index contributed by atoms with van der Waals surface area (Å²) in [5, 5.41) is 31.2. The molecule has 3 N–H and O–H groups in total. The van der Waals surface area contributed by atoms with Crippen molar-refractivity contribution >= 4 is 5.97 Å².